The summed E-state index contributed by atoms with van der Waals surface area (Å²) in [5.74, 6) is 0.140. The molecule has 1 aliphatic rings. The van der Waals surface area contributed by atoms with Crippen molar-refractivity contribution < 1.29 is 12.2 Å². The van der Waals surface area contributed by atoms with Gasteiger partial charge < -0.3 is 9.47 Å². The van der Waals surface area contributed by atoms with Gasteiger partial charge in [-0.05, 0) is 15.9 Å². The van der Waals surface area contributed by atoms with Crippen LogP contribution in [0.15, 0.2) is 16.9 Å². The first-order valence-corrected chi connectivity index (χ1v) is 4.21. The molecule has 0 aromatic carbocycles. The Kier molecular flexibility index (Phi) is 1.65. The Morgan fingerprint density at radius 3 is 3.17 bits per heavy atom. The summed E-state index contributed by atoms with van der Waals surface area (Å²) in [5, 5.41) is 0. The summed E-state index contributed by atoms with van der Waals surface area (Å²) in [6, 6.07) is 0. The molecule has 1 aromatic rings. The van der Waals surface area contributed by atoms with Gasteiger partial charge in [-0.1, -0.05) is 0 Å². The van der Waals surface area contributed by atoms with E-state index in [-0.39, 0.29) is 28.9 Å². The van der Waals surface area contributed by atoms with Gasteiger partial charge in [-0.25, -0.2) is 4.98 Å². The van der Waals surface area contributed by atoms with Crippen LogP contribution in [0.25, 0.3) is 0 Å². The Balaban J connectivity index is 2.19. The van der Waals surface area contributed by atoms with E-state index in [1.54, 1.807) is 0 Å². The highest BCUT2D eigenvalue weighted by atomic mass is 79.9. The van der Waals surface area contributed by atoms with Crippen LogP contribution in [0.4, 0.5) is 0 Å². The summed E-state index contributed by atoms with van der Waals surface area (Å²) in [5.41, 5.74) is 0. The molecule has 0 atom stereocenters. The van der Waals surface area contributed by atoms with Crippen LogP contribution in [0.3, 0.4) is 0 Å². The Morgan fingerprint density at radius 2 is 2.50 bits per heavy atom. The standard InChI is InChI=1S/C7H7BrN2O2/c8-6-1-9-2-7(10-6)12-5-3-11-4-5/h1-2,5H,3-4H2/i1D,2D. The lowest BCUT2D eigenvalue weighted by Crippen LogP contribution is -2.38. The first kappa shape index (κ1) is 5.88. The van der Waals surface area contributed by atoms with Crippen LogP contribution in [0, 0.1) is 0 Å². The minimum Gasteiger partial charge on any atom is -0.468 e. The molecular formula is C7H7BrN2O2. The molecule has 1 saturated heterocycles. The lowest BCUT2D eigenvalue weighted by molar-refractivity contribution is -0.0815. The second kappa shape index (κ2) is 3.37. The average Bonchev–Trinajstić information content (AvgIpc) is 2.06. The van der Waals surface area contributed by atoms with Crippen LogP contribution in [-0.2, 0) is 4.74 Å². The van der Waals surface area contributed by atoms with Gasteiger partial charge in [0, 0.05) is 0 Å². The van der Waals surface area contributed by atoms with Crippen LogP contribution >= 0.6 is 15.9 Å². The zero-order valence-electron chi connectivity index (χ0n) is 8.08. The fourth-order valence-corrected chi connectivity index (χ4v) is 1.00. The molecule has 1 aliphatic heterocycles. The third kappa shape index (κ3) is 1.73. The Labute approximate surface area is 80.9 Å². The zero-order chi connectivity index (χ0) is 10.1. The predicted molar refractivity (Wildman–Crippen MR) is 45.0 cm³/mol. The van der Waals surface area contributed by atoms with Gasteiger partial charge in [-0.3, -0.25) is 4.98 Å². The van der Waals surface area contributed by atoms with Gasteiger partial charge >= 0.3 is 0 Å². The topological polar surface area (TPSA) is 44.2 Å². The van der Waals surface area contributed by atoms with Crippen molar-refractivity contribution in [2.75, 3.05) is 13.2 Å². The maximum absolute atomic E-state index is 7.42. The number of halogens is 1. The Morgan fingerprint density at radius 1 is 1.67 bits per heavy atom. The predicted octanol–water partition coefficient (Wildman–Crippen LogP) is 1.02. The molecule has 0 amide bonds. The molecule has 2 rings (SSSR count). The molecule has 0 saturated carbocycles. The molecule has 64 valence electrons. The molecule has 0 aliphatic carbocycles. The van der Waals surface area contributed by atoms with Gasteiger partial charge in [0.15, 0.2) is 0 Å². The first-order chi connectivity index (χ1) is 6.66. The third-order valence-electron chi connectivity index (χ3n) is 1.39. The van der Waals surface area contributed by atoms with Crippen molar-refractivity contribution in [1.82, 2.24) is 9.97 Å². The van der Waals surface area contributed by atoms with Crippen molar-refractivity contribution in [2.24, 2.45) is 0 Å². The van der Waals surface area contributed by atoms with Crippen molar-refractivity contribution in [3.63, 3.8) is 0 Å². The van der Waals surface area contributed by atoms with Crippen LogP contribution in [0.5, 0.6) is 5.88 Å². The first-order valence-electron chi connectivity index (χ1n) is 4.42. The molecule has 1 fully saturated rings. The Hall–Kier alpha value is -0.680. The van der Waals surface area contributed by atoms with Crippen LogP contribution in [0.1, 0.15) is 2.74 Å². The molecule has 5 heteroatoms. The largest absolute Gasteiger partial charge is 0.468 e. The minimum absolute atomic E-state index is 0.0446. The molecule has 1 aromatic heterocycles. The van der Waals surface area contributed by atoms with E-state index in [0.29, 0.717) is 13.2 Å². The van der Waals surface area contributed by atoms with E-state index in [1.165, 1.54) is 0 Å². The van der Waals surface area contributed by atoms with Crippen LogP contribution in [-0.4, -0.2) is 29.3 Å². The molecule has 4 nitrogen and oxygen atoms in total. The Bertz CT molecular complexity index is 360. The lowest BCUT2D eigenvalue weighted by Gasteiger charge is -2.25. The highest BCUT2D eigenvalue weighted by Gasteiger charge is 2.20. The molecule has 12 heavy (non-hydrogen) atoms. The smallest absolute Gasteiger partial charge is 0.233 e. The number of hydrogen-bond donors (Lipinski definition) is 0. The highest BCUT2D eigenvalue weighted by Crippen LogP contribution is 2.14. The fourth-order valence-electron chi connectivity index (χ4n) is 0.754. The van der Waals surface area contributed by atoms with Crippen molar-refractivity contribution in [3.05, 3.63) is 16.9 Å². The van der Waals surface area contributed by atoms with Gasteiger partial charge in [-0.15, -0.1) is 0 Å². The summed E-state index contributed by atoms with van der Waals surface area (Å²) >= 11 is 3.05. The number of aromatic nitrogens is 2. The van der Waals surface area contributed by atoms with E-state index >= 15 is 0 Å². The minimum atomic E-state index is -0.120. The van der Waals surface area contributed by atoms with Crippen LogP contribution < -0.4 is 4.74 Å². The van der Waals surface area contributed by atoms with E-state index < -0.39 is 0 Å². The summed E-state index contributed by atoms with van der Waals surface area (Å²) < 4.78 is 25.2. The number of nitrogens with zero attached hydrogens (tertiary/aromatic N) is 2. The van der Waals surface area contributed by atoms with E-state index in [2.05, 4.69) is 25.9 Å². The highest BCUT2D eigenvalue weighted by molar-refractivity contribution is 9.10. The van der Waals surface area contributed by atoms with Gasteiger partial charge in [0.05, 0.1) is 28.3 Å². The van der Waals surface area contributed by atoms with Gasteiger partial charge in [0.25, 0.3) is 0 Å². The van der Waals surface area contributed by atoms with Crippen molar-refractivity contribution in [1.29, 1.82) is 0 Å². The summed E-state index contributed by atoms with van der Waals surface area (Å²) in [6.07, 6.45) is -0.228. The van der Waals surface area contributed by atoms with Crippen LogP contribution in [0.2, 0.25) is 0 Å². The molecule has 0 radical (unpaired) electrons. The number of rotatable bonds is 2. The van der Waals surface area contributed by atoms with Crippen molar-refractivity contribution in [3.8, 4) is 5.88 Å². The van der Waals surface area contributed by atoms with E-state index in [9.17, 15) is 0 Å². The molecular weight excluding hydrogens is 224 g/mol. The molecule has 0 bridgehead atoms. The SMILES string of the molecule is [2H]c1nc([2H])c(OC2COC2)nc1Br. The van der Waals surface area contributed by atoms with Crippen molar-refractivity contribution in [2.45, 2.75) is 6.10 Å². The van der Waals surface area contributed by atoms with Gasteiger partial charge in [0.1, 0.15) is 10.7 Å². The molecule has 0 spiro atoms. The second-order valence-corrected chi connectivity index (χ2v) is 3.07. The van der Waals surface area contributed by atoms with E-state index in [4.69, 9.17) is 12.2 Å². The maximum atomic E-state index is 7.42. The van der Waals surface area contributed by atoms with E-state index in [1.807, 2.05) is 0 Å². The fraction of sp³-hybridized carbons (Fsp3) is 0.429. The zero-order valence-corrected chi connectivity index (χ0v) is 7.67. The summed E-state index contributed by atoms with van der Waals surface area (Å²) in [7, 11) is 0. The monoisotopic (exact) mass is 232 g/mol. The maximum Gasteiger partial charge on any atom is 0.233 e. The summed E-state index contributed by atoms with van der Waals surface area (Å²) in [4.78, 5) is 7.54. The molecule has 0 unspecified atom stereocenters. The molecule has 0 N–H and O–H groups in total. The summed E-state index contributed by atoms with van der Waals surface area (Å²) in [6.45, 7) is 1.03. The normalized spacial score (nSPS) is 19.4. The quantitative estimate of drug-likeness (QED) is 0.764. The third-order valence-corrected chi connectivity index (χ3v) is 1.74. The number of hydrogen-bond acceptors (Lipinski definition) is 4. The van der Waals surface area contributed by atoms with E-state index in [0.717, 1.165) is 0 Å². The molecule has 2 heterocycles. The van der Waals surface area contributed by atoms with Gasteiger partial charge in [-0.2, -0.15) is 0 Å². The number of ether oxygens (including phenoxy) is 2. The average molecular weight is 233 g/mol. The van der Waals surface area contributed by atoms with Gasteiger partial charge in [0.2, 0.25) is 5.88 Å². The lowest BCUT2D eigenvalue weighted by atomic mass is 10.3. The van der Waals surface area contributed by atoms with Crippen molar-refractivity contribution >= 4 is 15.9 Å². The second-order valence-electron chi connectivity index (χ2n) is 2.32.